The summed E-state index contributed by atoms with van der Waals surface area (Å²) < 4.78 is 35.9. The fourth-order valence-electron chi connectivity index (χ4n) is 3.38. The summed E-state index contributed by atoms with van der Waals surface area (Å²) in [6.07, 6.45) is 8.04. The summed E-state index contributed by atoms with van der Waals surface area (Å²) in [6.45, 7) is -0.546. The van der Waals surface area contributed by atoms with Gasteiger partial charge in [-0.1, -0.05) is 36.4 Å². The van der Waals surface area contributed by atoms with Crippen LogP contribution in [0.1, 0.15) is 37.1 Å². The van der Waals surface area contributed by atoms with E-state index < -0.39 is 18.2 Å². The molecular weight excluding hydrogens is 422 g/mol. The Labute approximate surface area is 182 Å². The number of pyridine rings is 1. The van der Waals surface area contributed by atoms with E-state index in [1.54, 1.807) is 24.2 Å². The molecule has 0 saturated heterocycles. The average molecular weight is 442 g/mol. The van der Waals surface area contributed by atoms with Crippen LogP contribution >= 0.6 is 11.8 Å². The summed E-state index contributed by atoms with van der Waals surface area (Å²) in [4.78, 5) is 4.17. The number of aliphatic hydroxyl groups is 1. The van der Waals surface area contributed by atoms with E-state index in [0.29, 0.717) is 11.1 Å². The minimum atomic E-state index is -0.753. The standard InChI is InChI=1S/C22H20F2N4O2S/c23-18-12-20(19(24)11-15(18)5-4-10-29)30-14-21-26-27-22(31-17-7-1-2-8-17)28(21)16-6-3-9-25-13-16/h3,6,9,11-13,17,29H,1-2,7-8,10,14H2. The minimum absolute atomic E-state index is 0.106. The Kier molecular flexibility index (Phi) is 6.79. The Morgan fingerprint density at radius 3 is 2.77 bits per heavy atom. The van der Waals surface area contributed by atoms with Crippen LogP contribution in [0.4, 0.5) is 8.78 Å². The third kappa shape index (κ3) is 5.03. The molecule has 0 radical (unpaired) electrons. The van der Waals surface area contributed by atoms with Gasteiger partial charge in [0, 0.05) is 17.5 Å². The number of nitrogens with zero attached hydrogens (tertiary/aromatic N) is 4. The van der Waals surface area contributed by atoms with Crippen molar-refractivity contribution in [2.24, 2.45) is 0 Å². The smallest absolute Gasteiger partial charge is 0.196 e. The van der Waals surface area contributed by atoms with E-state index in [0.717, 1.165) is 35.8 Å². The Morgan fingerprint density at radius 2 is 2.03 bits per heavy atom. The number of ether oxygens (including phenoxy) is 1. The lowest BCUT2D eigenvalue weighted by Crippen LogP contribution is -2.08. The molecule has 1 aromatic carbocycles. The Balaban J connectivity index is 1.58. The van der Waals surface area contributed by atoms with Gasteiger partial charge >= 0.3 is 0 Å². The van der Waals surface area contributed by atoms with Crippen LogP contribution in [0.5, 0.6) is 5.75 Å². The maximum atomic E-state index is 14.4. The summed E-state index contributed by atoms with van der Waals surface area (Å²) in [5.41, 5.74) is 0.626. The minimum Gasteiger partial charge on any atom is -0.482 e. The quantitative estimate of drug-likeness (QED) is 0.584. The van der Waals surface area contributed by atoms with Gasteiger partial charge in [0.25, 0.3) is 0 Å². The number of halogens is 2. The van der Waals surface area contributed by atoms with E-state index in [1.807, 2.05) is 16.7 Å². The van der Waals surface area contributed by atoms with Crippen molar-refractivity contribution in [3.8, 4) is 23.3 Å². The number of aliphatic hydroxyl groups excluding tert-OH is 1. The summed E-state index contributed by atoms with van der Waals surface area (Å²) in [6, 6.07) is 5.58. The molecule has 31 heavy (non-hydrogen) atoms. The second-order valence-corrected chi connectivity index (χ2v) is 8.25. The monoisotopic (exact) mass is 442 g/mol. The van der Waals surface area contributed by atoms with Crippen molar-refractivity contribution < 1.29 is 18.6 Å². The molecule has 4 rings (SSSR count). The van der Waals surface area contributed by atoms with Crippen molar-refractivity contribution in [3.63, 3.8) is 0 Å². The number of rotatable bonds is 6. The molecule has 9 heteroatoms. The summed E-state index contributed by atoms with van der Waals surface area (Å²) in [5, 5.41) is 18.5. The fourth-order valence-corrected chi connectivity index (χ4v) is 4.65. The lowest BCUT2D eigenvalue weighted by molar-refractivity contribution is 0.276. The molecule has 0 unspecified atom stereocenters. The van der Waals surface area contributed by atoms with E-state index in [1.165, 1.54) is 12.8 Å². The number of hydrogen-bond donors (Lipinski definition) is 1. The zero-order valence-corrected chi connectivity index (χ0v) is 17.4. The molecule has 2 aromatic heterocycles. The van der Waals surface area contributed by atoms with Crippen LogP contribution in [0, 0.1) is 23.5 Å². The first-order valence-corrected chi connectivity index (χ1v) is 10.8. The Hall–Kier alpha value is -2.96. The van der Waals surface area contributed by atoms with Crippen LogP contribution in [-0.4, -0.2) is 36.7 Å². The maximum Gasteiger partial charge on any atom is 0.196 e. The molecule has 3 aromatic rings. The molecule has 1 saturated carbocycles. The highest BCUT2D eigenvalue weighted by Gasteiger charge is 2.22. The third-order valence-corrected chi connectivity index (χ3v) is 6.14. The van der Waals surface area contributed by atoms with E-state index in [4.69, 9.17) is 9.84 Å². The van der Waals surface area contributed by atoms with Gasteiger partial charge in [-0.05, 0) is 31.0 Å². The molecule has 160 valence electrons. The van der Waals surface area contributed by atoms with Crippen molar-refractivity contribution in [1.82, 2.24) is 19.7 Å². The molecule has 0 spiro atoms. The van der Waals surface area contributed by atoms with Crippen LogP contribution in [0.2, 0.25) is 0 Å². The van der Waals surface area contributed by atoms with Crippen LogP contribution in [0.3, 0.4) is 0 Å². The van der Waals surface area contributed by atoms with E-state index >= 15 is 0 Å². The molecule has 2 heterocycles. The number of hydrogen-bond acceptors (Lipinski definition) is 6. The second-order valence-electron chi connectivity index (χ2n) is 6.98. The van der Waals surface area contributed by atoms with Crippen molar-refractivity contribution in [2.75, 3.05) is 6.61 Å². The predicted molar refractivity (Wildman–Crippen MR) is 112 cm³/mol. The fraction of sp³-hybridized carbons (Fsp3) is 0.318. The molecule has 1 aliphatic rings. The number of thioether (sulfide) groups is 1. The molecule has 1 aliphatic carbocycles. The first-order valence-electron chi connectivity index (χ1n) is 9.88. The van der Waals surface area contributed by atoms with Crippen LogP contribution in [0.15, 0.2) is 41.8 Å². The highest BCUT2D eigenvalue weighted by Crippen LogP contribution is 2.35. The van der Waals surface area contributed by atoms with Gasteiger partial charge < -0.3 is 9.84 Å². The van der Waals surface area contributed by atoms with Crippen molar-refractivity contribution in [2.45, 2.75) is 42.7 Å². The van der Waals surface area contributed by atoms with Gasteiger partial charge in [0.15, 0.2) is 22.5 Å². The maximum absolute atomic E-state index is 14.4. The first kappa shape index (κ1) is 21.3. The SMILES string of the molecule is OCC#Cc1cc(F)c(OCc2nnc(SC3CCCC3)n2-c2cccnc2)cc1F. The van der Waals surface area contributed by atoms with Gasteiger partial charge in [0.1, 0.15) is 19.0 Å². The Morgan fingerprint density at radius 1 is 1.19 bits per heavy atom. The van der Waals surface area contributed by atoms with Gasteiger partial charge in [-0.2, -0.15) is 0 Å². The highest BCUT2D eigenvalue weighted by atomic mass is 32.2. The number of benzene rings is 1. The molecular formula is C22H20F2N4O2S. The molecule has 1 fully saturated rings. The molecule has 1 N–H and O–H groups in total. The summed E-state index contributed by atoms with van der Waals surface area (Å²) >= 11 is 1.67. The van der Waals surface area contributed by atoms with E-state index in [2.05, 4.69) is 27.0 Å². The lowest BCUT2D eigenvalue weighted by Gasteiger charge is -2.13. The predicted octanol–water partition coefficient (Wildman–Crippen LogP) is 3.90. The largest absolute Gasteiger partial charge is 0.482 e. The van der Waals surface area contributed by atoms with Crippen LogP contribution in [-0.2, 0) is 6.61 Å². The van der Waals surface area contributed by atoms with Gasteiger partial charge in [-0.25, -0.2) is 8.78 Å². The molecule has 0 aliphatic heterocycles. The zero-order valence-electron chi connectivity index (χ0n) is 16.6. The lowest BCUT2D eigenvalue weighted by atomic mass is 10.2. The molecule has 0 bridgehead atoms. The van der Waals surface area contributed by atoms with Gasteiger partial charge in [-0.15, -0.1) is 10.2 Å². The topological polar surface area (TPSA) is 73.1 Å². The number of aromatic nitrogens is 4. The van der Waals surface area contributed by atoms with Crippen molar-refractivity contribution >= 4 is 11.8 Å². The zero-order chi connectivity index (χ0) is 21.6. The molecule has 0 amide bonds. The van der Waals surface area contributed by atoms with Crippen molar-refractivity contribution in [3.05, 3.63) is 59.7 Å². The van der Waals surface area contributed by atoms with Gasteiger partial charge in [0.2, 0.25) is 0 Å². The molecule has 0 atom stereocenters. The third-order valence-electron chi connectivity index (χ3n) is 4.86. The summed E-state index contributed by atoms with van der Waals surface area (Å²) in [7, 11) is 0. The van der Waals surface area contributed by atoms with E-state index in [-0.39, 0.29) is 17.9 Å². The van der Waals surface area contributed by atoms with Gasteiger partial charge in [0.05, 0.1) is 17.4 Å². The second kappa shape index (κ2) is 9.90. The van der Waals surface area contributed by atoms with Crippen LogP contribution in [0.25, 0.3) is 5.69 Å². The normalized spacial score (nSPS) is 13.8. The van der Waals surface area contributed by atoms with E-state index in [9.17, 15) is 8.78 Å². The first-order chi connectivity index (χ1) is 15.2. The van der Waals surface area contributed by atoms with Crippen LogP contribution < -0.4 is 4.74 Å². The Bertz CT molecular complexity index is 1110. The highest BCUT2D eigenvalue weighted by molar-refractivity contribution is 7.99. The summed E-state index contributed by atoms with van der Waals surface area (Å²) in [5.74, 6) is 3.38. The van der Waals surface area contributed by atoms with Crippen molar-refractivity contribution in [1.29, 1.82) is 0 Å². The van der Waals surface area contributed by atoms with Gasteiger partial charge in [-0.3, -0.25) is 9.55 Å². The average Bonchev–Trinajstić information content (AvgIpc) is 3.44. The molecule has 6 nitrogen and oxygen atoms in total.